The molecule has 0 N–H and O–H groups in total. The van der Waals surface area contributed by atoms with Crippen LogP contribution in [0.1, 0.15) is 20.8 Å². The minimum absolute atomic E-state index is 0.182. The van der Waals surface area contributed by atoms with Gasteiger partial charge < -0.3 is 9.05 Å². The zero-order chi connectivity index (χ0) is 18.0. The van der Waals surface area contributed by atoms with Crippen LogP contribution in [0.3, 0.4) is 0 Å². The second-order valence-corrected chi connectivity index (χ2v) is 5.94. The van der Waals surface area contributed by atoms with Crippen molar-refractivity contribution in [1.29, 1.82) is 0 Å². The largest absolute Gasteiger partial charge is 0.419 e. The van der Waals surface area contributed by atoms with Crippen LogP contribution in [0.25, 0.3) is 0 Å². The minimum atomic E-state index is -6.09. The van der Waals surface area contributed by atoms with Gasteiger partial charge >= 0.3 is 25.6 Å². The Morgan fingerprint density at radius 1 is 0.864 bits per heavy atom. The lowest BCUT2D eigenvalue weighted by Crippen LogP contribution is -2.35. The van der Waals surface area contributed by atoms with Crippen LogP contribution in [-0.4, -0.2) is 31.2 Å². The summed E-state index contributed by atoms with van der Waals surface area (Å²) < 4.78 is 124. The Hall–Kier alpha value is -0.670. The van der Waals surface area contributed by atoms with E-state index >= 15 is 0 Å². The molecule has 0 aromatic carbocycles. The van der Waals surface area contributed by atoms with E-state index < -0.39 is 50.0 Å². The zero-order valence-corrected chi connectivity index (χ0v) is 12.5. The second kappa shape index (κ2) is 6.84. The van der Waals surface area contributed by atoms with Crippen molar-refractivity contribution < 1.29 is 48.7 Å². The van der Waals surface area contributed by atoms with Crippen molar-refractivity contribution in [3.63, 3.8) is 0 Å². The molecule has 0 amide bonds. The average molecular weight is 364 g/mol. The molecule has 0 bridgehead atoms. The number of hydrogen-bond donors (Lipinski definition) is 0. The molecule has 0 fully saturated rings. The van der Waals surface area contributed by atoms with E-state index in [1.165, 1.54) is 0 Å². The number of alkyl halides is 8. The van der Waals surface area contributed by atoms with Gasteiger partial charge in [-0.25, -0.2) is 0 Å². The standard InChI is InChI=1S/C10H13F8O3P/c1-4-20-22(19,21-5-2)10(17,18)7(9(14,15)16)6(3)8(11,12)13/h4-5H2,1-3H3/b7-6+. The third kappa shape index (κ3) is 4.42. The van der Waals surface area contributed by atoms with Gasteiger partial charge in [0.2, 0.25) is 0 Å². The average Bonchev–Trinajstić information content (AvgIpc) is 2.25. The molecule has 0 aliphatic rings. The van der Waals surface area contributed by atoms with E-state index in [0.29, 0.717) is 0 Å². The van der Waals surface area contributed by atoms with Crippen molar-refractivity contribution in [3.05, 3.63) is 11.1 Å². The van der Waals surface area contributed by atoms with Crippen molar-refractivity contribution >= 4 is 7.60 Å². The summed E-state index contributed by atoms with van der Waals surface area (Å²) in [5, 5.41) is 0. The number of halogens is 8. The lowest BCUT2D eigenvalue weighted by molar-refractivity contribution is -0.135. The first kappa shape index (κ1) is 21.3. The molecule has 0 aromatic heterocycles. The van der Waals surface area contributed by atoms with Crippen LogP contribution in [0.4, 0.5) is 35.1 Å². The third-order valence-electron chi connectivity index (χ3n) is 2.33. The maximum absolute atomic E-state index is 14.0. The molecule has 0 aromatic rings. The molecular weight excluding hydrogens is 351 g/mol. The van der Waals surface area contributed by atoms with Gasteiger partial charge in [0.1, 0.15) is 5.57 Å². The van der Waals surface area contributed by atoms with E-state index in [9.17, 15) is 39.7 Å². The number of hydrogen-bond acceptors (Lipinski definition) is 3. The third-order valence-corrected chi connectivity index (χ3v) is 4.43. The fraction of sp³-hybridized carbons (Fsp3) is 0.800. The molecule has 0 saturated heterocycles. The summed E-state index contributed by atoms with van der Waals surface area (Å²) in [6.45, 7) is 0.371. The van der Waals surface area contributed by atoms with Crippen LogP contribution in [0, 0.1) is 0 Å². The topological polar surface area (TPSA) is 35.5 Å². The fourth-order valence-electron chi connectivity index (χ4n) is 1.43. The maximum atomic E-state index is 14.0. The summed E-state index contributed by atoms with van der Waals surface area (Å²) in [5.41, 5.74) is -11.4. The summed E-state index contributed by atoms with van der Waals surface area (Å²) in [7, 11) is -5.81. The van der Waals surface area contributed by atoms with E-state index in [0.717, 1.165) is 13.8 Å². The van der Waals surface area contributed by atoms with Crippen molar-refractivity contribution in [2.24, 2.45) is 0 Å². The summed E-state index contributed by atoms with van der Waals surface area (Å²) in [6.07, 6.45) is -11.8. The number of allylic oxidation sites excluding steroid dienone is 2. The Labute approximate surface area is 120 Å². The van der Waals surface area contributed by atoms with Crippen molar-refractivity contribution in [1.82, 2.24) is 0 Å². The zero-order valence-electron chi connectivity index (χ0n) is 11.6. The lowest BCUT2D eigenvalue weighted by atomic mass is 10.1. The first-order valence-corrected chi connectivity index (χ1v) is 7.32. The summed E-state index contributed by atoms with van der Waals surface area (Å²) >= 11 is 0. The molecule has 0 rings (SSSR count). The predicted octanol–water partition coefficient (Wildman–Crippen LogP) is 5.29. The molecular formula is C10H13F8O3P. The first-order valence-electron chi connectivity index (χ1n) is 5.77. The molecule has 12 heteroatoms. The molecule has 0 aliphatic carbocycles. The van der Waals surface area contributed by atoms with E-state index in [1.54, 1.807) is 0 Å². The van der Waals surface area contributed by atoms with Gasteiger partial charge in [-0.2, -0.15) is 35.1 Å². The molecule has 22 heavy (non-hydrogen) atoms. The lowest BCUT2D eigenvalue weighted by Gasteiger charge is -2.30. The molecule has 0 heterocycles. The van der Waals surface area contributed by atoms with Crippen LogP contribution in [0.5, 0.6) is 0 Å². The van der Waals surface area contributed by atoms with E-state index in [-0.39, 0.29) is 6.92 Å². The van der Waals surface area contributed by atoms with Gasteiger partial charge in [0.15, 0.2) is 0 Å². The molecule has 3 nitrogen and oxygen atoms in total. The smallest absolute Gasteiger partial charge is 0.304 e. The Morgan fingerprint density at radius 2 is 1.23 bits per heavy atom. The van der Waals surface area contributed by atoms with Gasteiger partial charge in [0, 0.05) is 5.57 Å². The minimum Gasteiger partial charge on any atom is -0.304 e. The Balaban J connectivity index is 6.43. The highest BCUT2D eigenvalue weighted by Crippen LogP contribution is 2.67. The van der Waals surface area contributed by atoms with Crippen molar-refractivity contribution in [2.75, 3.05) is 13.2 Å². The fourth-order valence-corrected chi connectivity index (χ4v) is 3.07. The molecule has 0 spiro atoms. The van der Waals surface area contributed by atoms with Gasteiger partial charge in [0.25, 0.3) is 0 Å². The van der Waals surface area contributed by atoms with Gasteiger partial charge in [-0.3, -0.25) is 4.57 Å². The highest BCUT2D eigenvalue weighted by atomic mass is 31.2. The SMILES string of the molecule is CCOP(=O)(OCC)C(F)(F)/C(=C(\C)C(F)(F)F)C(F)(F)F. The molecule has 0 aliphatic heterocycles. The van der Waals surface area contributed by atoms with Crippen LogP contribution in [0.15, 0.2) is 11.1 Å². The van der Waals surface area contributed by atoms with Gasteiger partial charge in [-0.1, -0.05) is 0 Å². The van der Waals surface area contributed by atoms with E-state index in [4.69, 9.17) is 0 Å². The van der Waals surface area contributed by atoms with Gasteiger partial charge in [-0.15, -0.1) is 0 Å². The van der Waals surface area contributed by atoms with Gasteiger partial charge in [0.05, 0.1) is 13.2 Å². The van der Waals surface area contributed by atoms with E-state index in [1.807, 2.05) is 0 Å². The molecule has 0 atom stereocenters. The first-order chi connectivity index (χ1) is 9.65. The Morgan fingerprint density at radius 3 is 1.45 bits per heavy atom. The highest BCUT2D eigenvalue weighted by Gasteiger charge is 2.65. The molecule has 132 valence electrons. The van der Waals surface area contributed by atoms with Crippen molar-refractivity contribution in [3.8, 4) is 0 Å². The maximum Gasteiger partial charge on any atom is 0.419 e. The Kier molecular flexibility index (Phi) is 6.63. The van der Waals surface area contributed by atoms with Crippen LogP contribution < -0.4 is 0 Å². The van der Waals surface area contributed by atoms with E-state index in [2.05, 4.69) is 9.05 Å². The monoisotopic (exact) mass is 364 g/mol. The molecule has 0 radical (unpaired) electrons. The normalized spacial score (nSPS) is 15.8. The van der Waals surface area contributed by atoms with Crippen LogP contribution in [-0.2, 0) is 13.6 Å². The van der Waals surface area contributed by atoms with Gasteiger partial charge in [-0.05, 0) is 20.8 Å². The quantitative estimate of drug-likeness (QED) is 0.365. The molecule has 0 unspecified atom stereocenters. The highest BCUT2D eigenvalue weighted by molar-refractivity contribution is 7.55. The second-order valence-electron chi connectivity index (χ2n) is 3.87. The predicted molar refractivity (Wildman–Crippen MR) is 60.6 cm³/mol. The summed E-state index contributed by atoms with van der Waals surface area (Å²) in [5.74, 6) is 0. The van der Waals surface area contributed by atoms with Crippen LogP contribution in [0.2, 0.25) is 0 Å². The summed E-state index contributed by atoms with van der Waals surface area (Å²) in [6, 6.07) is 0. The Bertz CT molecular complexity index is 456. The molecule has 0 saturated carbocycles. The summed E-state index contributed by atoms with van der Waals surface area (Å²) in [4.78, 5) is 0. The van der Waals surface area contributed by atoms with Crippen molar-refractivity contribution in [2.45, 2.75) is 38.8 Å². The number of rotatable bonds is 6. The van der Waals surface area contributed by atoms with Crippen LogP contribution >= 0.6 is 7.60 Å².